The molecule has 2 atom stereocenters. The molecule has 0 saturated carbocycles. The Morgan fingerprint density at radius 1 is 1.23 bits per heavy atom. The van der Waals surface area contributed by atoms with Crippen LogP contribution in [0.15, 0.2) is 18.2 Å². The maximum absolute atomic E-state index is 9.66. The fourth-order valence-electron chi connectivity index (χ4n) is 4.55. The first-order chi connectivity index (χ1) is 12.4. The highest BCUT2D eigenvalue weighted by atomic mass is 16.3. The Hall–Kier alpha value is -1.10. The van der Waals surface area contributed by atoms with Crippen molar-refractivity contribution in [2.75, 3.05) is 33.2 Å². The van der Waals surface area contributed by atoms with Gasteiger partial charge in [-0.2, -0.15) is 0 Å². The molecule has 0 aromatic heterocycles. The molecule has 4 heteroatoms. The lowest BCUT2D eigenvalue weighted by molar-refractivity contribution is 0.0979. The number of benzene rings is 1. The molecule has 2 aliphatic rings. The van der Waals surface area contributed by atoms with Crippen LogP contribution in [0.1, 0.15) is 44.7 Å². The Bertz CT molecular complexity index is 581. The molecule has 1 saturated heterocycles. The zero-order chi connectivity index (χ0) is 18.7. The fourth-order valence-corrected chi connectivity index (χ4v) is 4.55. The SMILES string of the molecule is CC1CCN(C[C@H](C(C)C)N(C)C[C@H]2Cc3ccc(O)cc3CN2)CC1. The van der Waals surface area contributed by atoms with E-state index >= 15 is 0 Å². The van der Waals surface area contributed by atoms with E-state index in [1.807, 2.05) is 12.1 Å². The molecule has 3 rings (SSSR count). The van der Waals surface area contributed by atoms with Crippen molar-refractivity contribution < 1.29 is 5.11 Å². The van der Waals surface area contributed by atoms with E-state index in [4.69, 9.17) is 0 Å². The molecule has 0 spiro atoms. The summed E-state index contributed by atoms with van der Waals surface area (Å²) in [5.41, 5.74) is 2.62. The molecule has 2 aliphatic heterocycles. The van der Waals surface area contributed by atoms with Crippen molar-refractivity contribution in [1.82, 2.24) is 15.1 Å². The number of rotatable bonds is 6. The van der Waals surface area contributed by atoms with Crippen LogP contribution in [0.3, 0.4) is 0 Å². The second kappa shape index (κ2) is 8.73. The lowest BCUT2D eigenvalue weighted by Crippen LogP contribution is -2.52. The number of piperidine rings is 1. The summed E-state index contributed by atoms with van der Waals surface area (Å²) in [7, 11) is 2.30. The average molecular weight is 360 g/mol. The number of hydrogen-bond acceptors (Lipinski definition) is 4. The van der Waals surface area contributed by atoms with Gasteiger partial charge in [0.05, 0.1) is 0 Å². The topological polar surface area (TPSA) is 38.7 Å². The minimum atomic E-state index is 0.372. The Kier molecular flexibility index (Phi) is 6.60. The second-order valence-corrected chi connectivity index (χ2v) is 8.97. The van der Waals surface area contributed by atoms with Gasteiger partial charge < -0.3 is 20.2 Å². The molecule has 0 radical (unpaired) electrons. The summed E-state index contributed by atoms with van der Waals surface area (Å²) < 4.78 is 0. The third-order valence-corrected chi connectivity index (χ3v) is 6.40. The van der Waals surface area contributed by atoms with Gasteiger partial charge in [-0.3, -0.25) is 0 Å². The number of fused-ring (bicyclic) bond motifs is 1. The molecule has 1 fully saturated rings. The van der Waals surface area contributed by atoms with Gasteiger partial charge in [-0.25, -0.2) is 0 Å². The summed E-state index contributed by atoms with van der Waals surface area (Å²) >= 11 is 0. The molecule has 1 aromatic carbocycles. The minimum Gasteiger partial charge on any atom is -0.508 e. The van der Waals surface area contributed by atoms with Crippen molar-refractivity contribution in [3.8, 4) is 5.75 Å². The number of hydrogen-bond donors (Lipinski definition) is 2. The third kappa shape index (κ3) is 4.99. The van der Waals surface area contributed by atoms with Crippen LogP contribution in [0.25, 0.3) is 0 Å². The van der Waals surface area contributed by atoms with Crippen LogP contribution in [0.5, 0.6) is 5.75 Å². The molecular weight excluding hydrogens is 322 g/mol. The maximum atomic E-state index is 9.66. The lowest BCUT2D eigenvalue weighted by Gasteiger charge is -2.40. The van der Waals surface area contributed by atoms with E-state index in [9.17, 15) is 5.11 Å². The highest BCUT2D eigenvalue weighted by Crippen LogP contribution is 2.23. The third-order valence-electron chi connectivity index (χ3n) is 6.40. The zero-order valence-electron chi connectivity index (χ0n) is 17.0. The van der Waals surface area contributed by atoms with E-state index in [2.05, 4.69) is 49.0 Å². The predicted molar refractivity (Wildman–Crippen MR) is 109 cm³/mol. The molecule has 146 valence electrons. The second-order valence-electron chi connectivity index (χ2n) is 8.97. The van der Waals surface area contributed by atoms with Gasteiger partial charge in [0.25, 0.3) is 0 Å². The first-order valence-corrected chi connectivity index (χ1v) is 10.4. The van der Waals surface area contributed by atoms with Gasteiger partial charge in [-0.15, -0.1) is 0 Å². The Morgan fingerprint density at radius 2 is 1.96 bits per heavy atom. The summed E-state index contributed by atoms with van der Waals surface area (Å²) in [6, 6.07) is 6.90. The van der Waals surface area contributed by atoms with Crippen LogP contribution in [-0.4, -0.2) is 60.2 Å². The van der Waals surface area contributed by atoms with Gasteiger partial charge in [0, 0.05) is 31.7 Å². The Balaban J connectivity index is 1.56. The van der Waals surface area contributed by atoms with Crippen LogP contribution in [0.4, 0.5) is 0 Å². The van der Waals surface area contributed by atoms with Crippen molar-refractivity contribution >= 4 is 0 Å². The van der Waals surface area contributed by atoms with Crippen LogP contribution in [0.2, 0.25) is 0 Å². The molecule has 2 heterocycles. The molecule has 1 aromatic rings. The number of likely N-dealkylation sites (tertiary alicyclic amines) is 1. The smallest absolute Gasteiger partial charge is 0.115 e. The Labute approximate surface area is 159 Å². The first kappa shape index (κ1) is 19.7. The van der Waals surface area contributed by atoms with Gasteiger partial charge in [0.1, 0.15) is 5.75 Å². The van der Waals surface area contributed by atoms with E-state index < -0.39 is 0 Å². The minimum absolute atomic E-state index is 0.372. The predicted octanol–water partition coefficient (Wildman–Crippen LogP) is 3.09. The van der Waals surface area contributed by atoms with Crippen LogP contribution >= 0.6 is 0 Å². The summed E-state index contributed by atoms with van der Waals surface area (Å²) in [5.74, 6) is 1.93. The number of nitrogens with zero attached hydrogens (tertiary/aromatic N) is 2. The van der Waals surface area contributed by atoms with Gasteiger partial charge in [-0.1, -0.05) is 26.8 Å². The van der Waals surface area contributed by atoms with Crippen molar-refractivity contribution in [3.05, 3.63) is 29.3 Å². The number of phenols is 1. The molecule has 26 heavy (non-hydrogen) atoms. The van der Waals surface area contributed by atoms with Crippen molar-refractivity contribution in [2.45, 2.75) is 58.7 Å². The van der Waals surface area contributed by atoms with E-state index in [0.717, 1.165) is 25.4 Å². The lowest BCUT2D eigenvalue weighted by atomic mass is 9.94. The van der Waals surface area contributed by atoms with Gasteiger partial charge >= 0.3 is 0 Å². The van der Waals surface area contributed by atoms with E-state index in [1.54, 1.807) is 0 Å². The molecule has 2 N–H and O–H groups in total. The van der Waals surface area contributed by atoms with E-state index in [0.29, 0.717) is 23.8 Å². The summed E-state index contributed by atoms with van der Waals surface area (Å²) in [4.78, 5) is 5.25. The molecule has 0 unspecified atom stereocenters. The number of phenolic OH excluding ortho intramolecular Hbond substituents is 1. The summed E-state index contributed by atoms with van der Waals surface area (Å²) in [6.45, 7) is 12.8. The van der Waals surface area contributed by atoms with Crippen molar-refractivity contribution in [2.24, 2.45) is 11.8 Å². The zero-order valence-corrected chi connectivity index (χ0v) is 17.0. The standard InChI is InChI=1S/C22H37N3O/c1-16(2)22(15-25-9-7-17(3)8-10-25)24(4)14-20-11-18-5-6-21(26)12-19(18)13-23-20/h5-6,12,16-17,20,22-23,26H,7-11,13-15H2,1-4H3/t20-,22-/m1/s1. The van der Waals surface area contributed by atoms with Crippen LogP contribution in [-0.2, 0) is 13.0 Å². The van der Waals surface area contributed by atoms with Crippen LogP contribution in [0, 0.1) is 11.8 Å². The number of nitrogens with one attached hydrogen (secondary N) is 1. The fraction of sp³-hybridized carbons (Fsp3) is 0.727. The normalized spacial score (nSPS) is 23.4. The Morgan fingerprint density at radius 3 is 2.65 bits per heavy atom. The van der Waals surface area contributed by atoms with E-state index in [-0.39, 0.29) is 0 Å². The summed E-state index contributed by atoms with van der Waals surface area (Å²) in [6.07, 6.45) is 3.75. The average Bonchev–Trinajstić information content (AvgIpc) is 2.61. The molecule has 4 nitrogen and oxygen atoms in total. The van der Waals surface area contributed by atoms with Gasteiger partial charge in [0.2, 0.25) is 0 Å². The highest BCUT2D eigenvalue weighted by Gasteiger charge is 2.27. The summed E-state index contributed by atoms with van der Waals surface area (Å²) in [5, 5.41) is 13.3. The first-order valence-electron chi connectivity index (χ1n) is 10.4. The maximum Gasteiger partial charge on any atom is 0.115 e. The largest absolute Gasteiger partial charge is 0.508 e. The van der Waals surface area contributed by atoms with Crippen molar-refractivity contribution in [1.29, 1.82) is 0 Å². The molecule has 0 aliphatic carbocycles. The quantitative estimate of drug-likeness (QED) is 0.819. The number of likely N-dealkylation sites (N-methyl/N-ethyl adjacent to an activating group) is 1. The molecule has 0 bridgehead atoms. The van der Waals surface area contributed by atoms with Crippen LogP contribution < -0.4 is 5.32 Å². The number of aromatic hydroxyl groups is 1. The van der Waals surface area contributed by atoms with Gasteiger partial charge in [-0.05, 0) is 74.5 Å². The molecule has 0 amide bonds. The van der Waals surface area contributed by atoms with Gasteiger partial charge in [0.15, 0.2) is 0 Å². The van der Waals surface area contributed by atoms with E-state index in [1.165, 1.54) is 43.6 Å². The monoisotopic (exact) mass is 359 g/mol. The van der Waals surface area contributed by atoms with Crippen molar-refractivity contribution in [3.63, 3.8) is 0 Å². The highest BCUT2D eigenvalue weighted by molar-refractivity contribution is 5.36. The molecular formula is C22H37N3O.